The van der Waals surface area contributed by atoms with Crippen LogP contribution in [-0.2, 0) is 10.0 Å². The van der Waals surface area contributed by atoms with Gasteiger partial charge in [0, 0.05) is 12.2 Å². The molecule has 0 aliphatic rings. The third-order valence-electron chi connectivity index (χ3n) is 3.06. The molecule has 0 saturated heterocycles. The van der Waals surface area contributed by atoms with E-state index >= 15 is 0 Å². The maximum atomic E-state index is 11.5. The molecule has 0 amide bonds. The number of hydrogen-bond acceptors (Lipinski definition) is 4. The van der Waals surface area contributed by atoms with Crippen molar-refractivity contribution in [3.8, 4) is 0 Å². The lowest BCUT2D eigenvalue weighted by atomic mass is 9.98. The van der Waals surface area contributed by atoms with Gasteiger partial charge in [0.25, 0.3) is 0 Å². The van der Waals surface area contributed by atoms with Gasteiger partial charge in [0.05, 0.1) is 5.69 Å². The van der Waals surface area contributed by atoms with E-state index < -0.39 is 10.0 Å². The summed E-state index contributed by atoms with van der Waals surface area (Å²) in [5.41, 5.74) is 6.46. The normalized spacial score (nSPS) is 13.6. The second-order valence-electron chi connectivity index (χ2n) is 4.90. The SMILES string of the molecule is CC(C)C(C)CNc1ccc(N)cc1S(N)(=O)=O. The van der Waals surface area contributed by atoms with Gasteiger partial charge in [-0.15, -0.1) is 0 Å². The van der Waals surface area contributed by atoms with Gasteiger partial charge in [-0.3, -0.25) is 0 Å². The second-order valence-corrected chi connectivity index (χ2v) is 6.43. The monoisotopic (exact) mass is 271 g/mol. The number of hydrogen-bond donors (Lipinski definition) is 3. The first kappa shape index (κ1) is 14.8. The summed E-state index contributed by atoms with van der Waals surface area (Å²) < 4.78 is 22.9. The third kappa shape index (κ3) is 3.89. The van der Waals surface area contributed by atoms with E-state index in [0.717, 1.165) is 0 Å². The van der Waals surface area contributed by atoms with Crippen LogP contribution in [0.25, 0.3) is 0 Å². The lowest BCUT2D eigenvalue weighted by Crippen LogP contribution is -2.20. The largest absolute Gasteiger partial charge is 0.399 e. The first-order valence-electron chi connectivity index (χ1n) is 5.88. The summed E-state index contributed by atoms with van der Waals surface area (Å²) in [7, 11) is -3.77. The maximum Gasteiger partial charge on any atom is 0.240 e. The van der Waals surface area contributed by atoms with Crippen molar-refractivity contribution in [2.45, 2.75) is 25.7 Å². The molecule has 1 rings (SSSR count). The van der Waals surface area contributed by atoms with Crippen LogP contribution < -0.4 is 16.2 Å². The Hall–Kier alpha value is -1.27. The Morgan fingerprint density at radius 3 is 2.39 bits per heavy atom. The van der Waals surface area contributed by atoms with Crippen molar-refractivity contribution in [1.82, 2.24) is 0 Å². The molecule has 0 aliphatic carbocycles. The number of rotatable bonds is 5. The van der Waals surface area contributed by atoms with Gasteiger partial charge >= 0.3 is 0 Å². The van der Waals surface area contributed by atoms with Gasteiger partial charge in [-0.2, -0.15) is 0 Å². The fourth-order valence-corrected chi connectivity index (χ4v) is 2.17. The quantitative estimate of drug-likeness (QED) is 0.709. The van der Waals surface area contributed by atoms with Crippen LogP contribution in [0.4, 0.5) is 11.4 Å². The van der Waals surface area contributed by atoms with E-state index in [2.05, 4.69) is 26.1 Å². The fraction of sp³-hybridized carbons (Fsp3) is 0.500. The fourth-order valence-electron chi connectivity index (χ4n) is 1.43. The van der Waals surface area contributed by atoms with E-state index in [1.807, 2.05) is 0 Å². The number of benzene rings is 1. The Morgan fingerprint density at radius 2 is 1.89 bits per heavy atom. The van der Waals surface area contributed by atoms with Crippen LogP contribution in [-0.4, -0.2) is 15.0 Å². The highest BCUT2D eigenvalue weighted by Gasteiger charge is 2.15. The van der Waals surface area contributed by atoms with Crippen LogP contribution in [0.2, 0.25) is 0 Å². The van der Waals surface area contributed by atoms with Gasteiger partial charge < -0.3 is 11.1 Å². The first-order chi connectivity index (χ1) is 8.21. The molecule has 0 heterocycles. The lowest BCUT2D eigenvalue weighted by Gasteiger charge is -2.18. The van der Waals surface area contributed by atoms with Crippen molar-refractivity contribution in [3.05, 3.63) is 18.2 Å². The molecule has 0 radical (unpaired) electrons. The van der Waals surface area contributed by atoms with Crippen LogP contribution in [0.3, 0.4) is 0 Å². The van der Waals surface area contributed by atoms with Gasteiger partial charge in [-0.25, -0.2) is 13.6 Å². The van der Waals surface area contributed by atoms with Gasteiger partial charge in [0.15, 0.2) is 0 Å². The highest BCUT2D eigenvalue weighted by atomic mass is 32.2. The van der Waals surface area contributed by atoms with Gasteiger partial charge in [0.1, 0.15) is 4.90 Å². The number of nitrogen functional groups attached to an aromatic ring is 1. The zero-order chi connectivity index (χ0) is 13.9. The predicted molar refractivity (Wildman–Crippen MR) is 74.7 cm³/mol. The van der Waals surface area contributed by atoms with Crippen molar-refractivity contribution in [2.75, 3.05) is 17.6 Å². The summed E-state index contributed by atoms with van der Waals surface area (Å²) in [4.78, 5) is 0.0402. The Bertz CT molecular complexity index is 512. The number of sulfonamides is 1. The molecule has 1 aromatic rings. The Morgan fingerprint density at radius 1 is 1.28 bits per heavy atom. The molecule has 0 saturated carbocycles. The molecule has 0 fully saturated rings. The number of primary sulfonamides is 1. The number of anilines is 2. The number of nitrogens with two attached hydrogens (primary N) is 2. The van der Waals surface area contributed by atoms with Crippen LogP contribution in [0, 0.1) is 11.8 Å². The van der Waals surface area contributed by atoms with Crippen molar-refractivity contribution >= 4 is 21.4 Å². The molecule has 102 valence electrons. The zero-order valence-corrected chi connectivity index (χ0v) is 11.8. The summed E-state index contributed by atoms with van der Waals surface area (Å²) >= 11 is 0. The van der Waals surface area contributed by atoms with Crippen molar-refractivity contribution in [1.29, 1.82) is 0 Å². The van der Waals surface area contributed by atoms with Crippen LogP contribution >= 0.6 is 0 Å². The highest BCUT2D eigenvalue weighted by Crippen LogP contribution is 2.23. The molecule has 5 N–H and O–H groups in total. The van der Waals surface area contributed by atoms with Crippen molar-refractivity contribution in [2.24, 2.45) is 17.0 Å². The summed E-state index contributed by atoms with van der Waals surface area (Å²) in [5, 5.41) is 8.28. The van der Waals surface area contributed by atoms with Gasteiger partial charge in [-0.05, 0) is 30.0 Å². The minimum atomic E-state index is -3.77. The molecule has 0 spiro atoms. The van der Waals surface area contributed by atoms with E-state index in [1.165, 1.54) is 6.07 Å². The second kappa shape index (κ2) is 5.58. The molecule has 5 nitrogen and oxygen atoms in total. The lowest BCUT2D eigenvalue weighted by molar-refractivity contribution is 0.439. The Kier molecular flexibility index (Phi) is 4.59. The molecule has 1 aromatic carbocycles. The molecule has 1 atom stereocenters. The topological polar surface area (TPSA) is 98.2 Å². The van der Waals surface area contributed by atoms with Crippen molar-refractivity contribution < 1.29 is 8.42 Å². The molecule has 0 bridgehead atoms. The minimum Gasteiger partial charge on any atom is -0.399 e. The molecule has 1 unspecified atom stereocenters. The minimum absolute atomic E-state index is 0.0402. The average molecular weight is 271 g/mol. The maximum absolute atomic E-state index is 11.5. The highest BCUT2D eigenvalue weighted by molar-refractivity contribution is 7.89. The van der Waals surface area contributed by atoms with Crippen molar-refractivity contribution in [3.63, 3.8) is 0 Å². The van der Waals surface area contributed by atoms with Crippen LogP contribution in [0.1, 0.15) is 20.8 Å². The van der Waals surface area contributed by atoms with Crippen LogP contribution in [0.15, 0.2) is 23.1 Å². The third-order valence-corrected chi connectivity index (χ3v) is 4.02. The molecule has 0 aromatic heterocycles. The predicted octanol–water partition coefficient (Wildman–Crippen LogP) is 1.62. The standard InChI is InChI=1S/C12H21N3O2S/c1-8(2)9(3)7-15-11-5-4-10(13)6-12(11)18(14,16)17/h4-6,8-9,15H,7,13H2,1-3H3,(H2,14,16,17). The average Bonchev–Trinajstić information content (AvgIpc) is 2.25. The van der Waals surface area contributed by atoms with Gasteiger partial charge in [-0.1, -0.05) is 20.8 Å². The summed E-state index contributed by atoms with van der Waals surface area (Å²) in [6.45, 7) is 7.03. The first-order valence-corrected chi connectivity index (χ1v) is 7.42. The molecular weight excluding hydrogens is 250 g/mol. The molecule has 0 aliphatic heterocycles. The molecule has 18 heavy (non-hydrogen) atoms. The molecule has 6 heteroatoms. The summed E-state index contributed by atoms with van der Waals surface area (Å²) in [6.07, 6.45) is 0. The van der Waals surface area contributed by atoms with E-state index in [4.69, 9.17) is 10.9 Å². The summed E-state index contributed by atoms with van der Waals surface area (Å²) in [6, 6.07) is 4.66. The van der Waals surface area contributed by atoms with E-state index in [9.17, 15) is 8.42 Å². The van der Waals surface area contributed by atoms with E-state index in [1.54, 1.807) is 12.1 Å². The summed E-state index contributed by atoms with van der Waals surface area (Å²) in [5.74, 6) is 0.945. The van der Waals surface area contributed by atoms with E-state index in [0.29, 0.717) is 29.8 Å². The zero-order valence-electron chi connectivity index (χ0n) is 11.0. The van der Waals surface area contributed by atoms with E-state index in [-0.39, 0.29) is 4.90 Å². The molecular formula is C12H21N3O2S. The number of nitrogens with one attached hydrogen (secondary N) is 1. The Balaban J connectivity index is 2.96. The van der Waals surface area contributed by atoms with Gasteiger partial charge in [0.2, 0.25) is 10.0 Å². The van der Waals surface area contributed by atoms with Crippen LogP contribution in [0.5, 0.6) is 0 Å². The Labute approximate surface area is 109 Å². The smallest absolute Gasteiger partial charge is 0.240 e.